The Morgan fingerprint density at radius 1 is 1.10 bits per heavy atom. The Hall–Kier alpha value is -2.26. The average molecular weight is 301 g/mol. The molecule has 0 saturated carbocycles. The number of rotatable bonds is 5. The molecule has 0 aliphatic heterocycles. The third kappa shape index (κ3) is 5.32. The quantitative estimate of drug-likeness (QED) is 0.657. The van der Waals surface area contributed by atoms with Gasteiger partial charge in [-0.15, -0.1) is 0 Å². The number of carbonyl (C=O) groups is 1. The number of benzene rings is 2. The Kier molecular flexibility index (Phi) is 5.41. The molecule has 3 nitrogen and oxygen atoms in total. The van der Waals surface area contributed by atoms with Crippen molar-refractivity contribution >= 4 is 29.3 Å². The first-order valence-corrected chi connectivity index (χ1v) is 7.07. The predicted molar refractivity (Wildman–Crippen MR) is 88.1 cm³/mol. The highest BCUT2D eigenvalue weighted by molar-refractivity contribution is 6.30. The number of hydrogen-bond acceptors (Lipinski definition) is 2. The van der Waals surface area contributed by atoms with Crippen LogP contribution in [0, 0.1) is 0 Å². The molecule has 2 aromatic rings. The molecule has 0 aliphatic carbocycles. The lowest BCUT2D eigenvalue weighted by Gasteiger charge is -2.03. The zero-order chi connectivity index (χ0) is 15.1. The van der Waals surface area contributed by atoms with E-state index in [1.54, 1.807) is 18.2 Å². The largest absolute Gasteiger partial charge is 0.399 e. The van der Waals surface area contributed by atoms with Crippen LogP contribution in [0.2, 0.25) is 5.02 Å². The molecular weight excluding hydrogens is 284 g/mol. The van der Waals surface area contributed by atoms with Crippen molar-refractivity contribution in [3.05, 3.63) is 70.8 Å². The maximum Gasteiger partial charge on any atom is 0.244 e. The molecule has 0 bridgehead atoms. The van der Waals surface area contributed by atoms with Crippen molar-refractivity contribution in [3.8, 4) is 0 Å². The first kappa shape index (κ1) is 15.1. The fraction of sp³-hybridized carbons (Fsp3) is 0.118. The van der Waals surface area contributed by atoms with Gasteiger partial charge in [-0.25, -0.2) is 0 Å². The molecule has 3 N–H and O–H groups in total. The van der Waals surface area contributed by atoms with Crippen molar-refractivity contribution in [2.75, 3.05) is 12.3 Å². The number of nitrogen functional groups attached to an aromatic ring is 1. The molecule has 21 heavy (non-hydrogen) atoms. The maximum absolute atomic E-state index is 11.7. The van der Waals surface area contributed by atoms with E-state index >= 15 is 0 Å². The van der Waals surface area contributed by atoms with E-state index in [0.29, 0.717) is 17.3 Å². The normalized spacial score (nSPS) is 10.7. The van der Waals surface area contributed by atoms with Gasteiger partial charge in [0.1, 0.15) is 0 Å². The van der Waals surface area contributed by atoms with E-state index in [0.717, 1.165) is 17.5 Å². The minimum absolute atomic E-state index is 0.110. The highest BCUT2D eigenvalue weighted by atomic mass is 35.5. The zero-order valence-corrected chi connectivity index (χ0v) is 12.3. The molecule has 4 heteroatoms. The van der Waals surface area contributed by atoms with Crippen molar-refractivity contribution < 1.29 is 4.79 Å². The summed E-state index contributed by atoms with van der Waals surface area (Å²) in [6.45, 7) is 0.590. The summed E-state index contributed by atoms with van der Waals surface area (Å²) >= 11 is 5.82. The van der Waals surface area contributed by atoms with Crippen molar-refractivity contribution in [2.24, 2.45) is 0 Å². The van der Waals surface area contributed by atoms with Crippen LogP contribution >= 0.6 is 11.6 Å². The van der Waals surface area contributed by atoms with Crippen LogP contribution in [-0.2, 0) is 11.2 Å². The summed E-state index contributed by atoms with van der Waals surface area (Å²) in [4.78, 5) is 11.7. The molecule has 2 rings (SSSR count). The average Bonchev–Trinajstić information content (AvgIpc) is 2.49. The SMILES string of the molecule is Nc1ccc(/C=C/C(=O)NCCc2ccc(Cl)cc2)cc1. The molecule has 108 valence electrons. The van der Waals surface area contributed by atoms with E-state index < -0.39 is 0 Å². The zero-order valence-electron chi connectivity index (χ0n) is 11.6. The summed E-state index contributed by atoms with van der Waals surface area (Å²) in [5.74, 6) is -0.110. The van der Waals surface area contributed by atoms with E-state index in [-0.39, 0.29) is 5.91 Å². The summed E-state index contributed by atoms with van der Waals surface area (Å²) in [6, 6.07) is 15.0. The third-order valence-electron chi connectivity index (χ3n) is 2.99. The molecule has 0 radical (unpaired) electrons. The van der Waals surface area contributed by atoms with Gasteiger partial charge in [-0.05, 0) is 47.9 Å². The van der Waals surface area contributed by atoms with Crippen LogP contribution in [0.5, 0.6) is 0 Å². The number of nitrogens with two attached hydrogens (primary N) is 1. The standard InChI is InChI=1S/C17H17ClN2O/c18-15-6-1-14(2-7-15)11-12-20-17(21)10-5-13-3-8-16(19)9-4-13/h1-10H,11-12,19H2,(H,20,21)/b10-5+. The van der Waals surface area contributed by atoms with Gasteiger partial charge in [0.25, 0.3) is 0 Å². The van der Waals surface area contributed by atoms with Gasteiger partial charge in [-0.2, -0.15) is 0 Å². The van der Waals surface area contributed by atoms with Gasteiger partial charge in [0.05, 0.1) is 0 Å². The number of halogens is 1. The fourth-order valence-electron chi connectivity index (χ4n) is 1.82. The Morgan fingerprint density at radius 3 is 2.43 bits per heavy atom. The van der Waals surface area contributed by atoms with Crippen molar-refractivity contribution in [2.45, 2.75) is 6.42 Å². The van der Waals surface area contributed by atoms with Gasteiger partial charge in [-0.1, -0.05) is 35.9 Å². The van der Waals surface area contributed by atoms with Gasteiger partial charge < -0.3 is 11.1 Å². The predicted octanol–water partition coefficient (Wildman–Crippen LogP) is 3.29. The summed E-state index contributed by atoms with van der Waals surface area (Å²) < 4.78 is 0. The molecule has 0 heterocycles. The van der Waals surface area contributed by atoms with Gasteiger partial charge in [0.2, 0.25) is 5.91 Å². The van der Waals surface area contributed by atoms with Crippen molar-refractivity contribution in [3.63, 3.8) is 0 Å². The van der Waals surface area contributed by atoms with Crippen molar-refractivity contribution in [1.29, 1.82) is 0 Å². The molecule has 0 unspecified atom stereocenters. The smallest absolute Gasteiger partial charge is 0.244 e. The molecule has 0 fully saturated rings. The minimum Gasteiger partial charge on any atom is -0.399 e. The van der Waals surface area contributed by atoms with Crippen LogP contribution in [0.1, 0.15) is 11.1 Å². The number of anilines is 1. The molecule has 1 amide bonds. The monoisotopic (exact) mass is 300 g/mol. The Labute approximate surface area is 129 Å². The van der Waals surface area contributed by atoms with E-state index in [2.05, 4.69) is 5.32 Å². The highest BCUT2D eigenvalue weighted by Crippen LogP contribution is 2.09. The Balaban J connectivity index is 1.77. The molecule has 0 aromatic heterocycles. The second-order valence-electron chi connectivity index (χ2n) is 4.67. The molecule has 0 spiro atoms. The van der Waals surface area contributed by atoms with Gasteiger partial charge >= 0.3 is 0 Å². The summed E-state index contributed by atoms with van der Waals surface area (Å²) in [5.41, 5.74) is 8.39. The lowest BCUT2D eigenvalue weighted by molar-refractivity contribution is -0.116. The number of hydrogen-bond donors (Lipinski definition) is 2. The molecule has 2 aromatic carbocycles. The number of amides is 1. The molecule has 0 aliphatic rings. The molecule has 0 atom stereocenters. The Morgan fingerprint density at radius 2 is 1.76 bits per heavy atom. The van der Waals surface area contributed by atoms with E-state index in [9.17, 15) is 4.79 Å². The lowest BCUT2D eigenvalue weighted by atomic mass is 10.1. The fourth-order valence-corrected chi connectivity index (χ4v) is 1.95. The molecule has 0 saturated heterocycles. The van der Waals surface area contributed by atoms with E-state index in [1.807, 2.05) is 36.4 Å². The summed E-state index contributed by atoms with van der Waals surface area (Å²) in [7, 11) is 0. The topological polar surface area (TPSA) is 55.1 Å². The van der Waals surface area contributed by atoms with Gasteiger partial charge in [-0.3, -0.25) is 4.79 Å². The first-order valence-electron chi connectivity index (χ1n) is 6.69. The van der Waals surface area contributed by atoms with Gasteiger partial charge in [0, 0.05) is 23.3 Å². The Bertz CT molecular complexity index is 618. The second-order valence-corrected chi connectivity index (χ2v) is 5.10. The van der Waals surface area contributed by atoms with Crippen LogP contribution in [0.4, 0.5) is 5.69 Å². The van der Waals surface area contributed by atoms with Crippen LogP contribution in [0.25, 0.3) is 6.08 Å². The van der Waals surface area contributed by atoms with Crippen LogP contribution < -0.4 is 11.1 Å². The molecular formula is C17H17ClN2O. The second kappa shape index (κ2) is 7.50. The summed E-state index contributed by atoms with van der Waals surface area (Å²) in [6.07, 6.45) is 4.06. The van der Waals surface area contributed by atoms with Crippen molar-refractivity contribution in [1.82, 2.24) is 5.32 Å². The van der Waals surface area contributed by atoms with Crippen LogP contribution in [0.15, 0.2) is 54.6 Å². The first-order chi connectivity index (χ1) is 10.1. The van der Waals surface area contributed by atoms with Crippen LogP contribution in [0.3, 0.4) is 0 Å². The summed E-state index contributed by atoms with van der Waals surface area (Å²) in [5, 5.41) is 3.56. The van der Waals surface area contributed by atoms with Gasteiger partial charge in [0.15, 0.2) is 0 Å². The van der Waals surface area contributed by atoms with E-state index in [1.165, 1.54) is 6.08 Å². The third-order valence-corrected chi connectivity index (χ3v) is 3.24. The lowest BCUT2D eigenvalue weighted by Crippen LogP contribution is -2.23. The van der Waals surface area contributed by atoms with Crippen LogP contribution in [-0.4, -0.2) is 12.5 Å². The maximum atomic E-state index is 11.7. The number of nitrogens with one attached hydrogen (secondary N) is 1. The number of carbonyl (C=O) groups excluding carboxylic acids is 1. The highest BCUT2D eigenvalue weighted by Gasteiger charge is 1.97. The minimum atomic E-state index is -0.110. The van der Waals surface area contributed by atoms with E-state index in [4.69, 9.17) is 17.3 Å².